The fourth-order valence-electron chi connectivity index (χ4n) is 3.82. The minimum atomic E-state index is -0.835. The van der Waals surface area contributed by atoms with Gasteiger partial charge >= 0.3 is 0 Å². The summed E-state index contributed by atoms with van der Waals surface area (Å²) in [6, 6.07) is 31.6. The molecule has 0 spiro atoms. The van der Waals surface area contributed by atoms with E-state index in [1.165, 1.54) is 0 Å². The van der Waals surface area contributed by atoms with Crippen molar-refractivity contribution in [3.05, 3.63) is 131 Å². The van der Waals surface area contributed by atoms with E-state index in [4.69, 9.17) is 0 Å². The van der Waals surface area contributed by atoms with Gasteiger partial charge in [0.25, 0.3) is 11.8 Å². The molecule has 4 rings (SSSR count). The number of benzene rings is 4. The van der Waals surface area contributed by atoms with Gasteiger partial charge in [-0.25, -0.2) is 0 Å². The fourth-order valence-corrected chi connectivity index (χ4v) is 3.82. The maximum atomic E-state index is 13.4. The molecule has 0 aromatic heterocycles. The first kappa shape index (κ1) is 24.4. The number of para-hydroxylation sites is 1. The Labute approximate surface area is 210 Å². The molecule has 0 aliphatic carbocycles. The van der Waals surface area contributed by atoms with Gasteiger partial charge < -0.3 is 16.0 Å². The molecule has 6 nitrogen and oxygen atoms in total. The lowest BCUT2D eigenvalue weighted by molar-refractivity contribution is -0.118. The van der Waals surface area contributed by atoms with Gasteiger partial charge in [-0.15, -0.1) is 0 Å². The van der Waals surface area contributed by atoms with E-state index >= 15 is 0 Å². The first-order valence-electron chi connectivity index (χ1n) is 11.7. The predicted molar refractivity (Wildman–Crippen MR) is 142 cm³/mol. The lowest BCUT2D eigenvalue weighted by Gasteiger charge is -2.20. The van der Waals surface area contributed by atoms with Crippen LogP contribution >= 0.6 is 0 Å². The summed E-state index contributed by atoms with van der Waals surface area (Å²) in [5.74, 6) is -1.11. The van der Waals surface area contributed by atoms with E-state index in [9.17, 15) is 14.4 Å². The van der Waals surface area contributed by atoms with Crippen LogP contribution in [0.25, 0.3) is 0 Å². The summed E-state index contributed by atoms with van der Waals surface area (Å²) < 4.78 is 0. The number of amides is 3. The topological polar surface area (TPSA) is 87.3 Å². The van der Waals surface area contributed by atoms with Gasteiger partial charge in [0.15, 0.2) is 0 Å². The van der Waals surface area contributed by atoms with Crippen molar-refractivity contribution in [3.8, 4) is 0 Å². The van der Waals surface area contributed by atoms with Gasteiger partial charge in [-0.1, -0.05) is 72.8 Å². The molecular weight excluding hydrogens is 450 g/mol. The van der Waals surface area contributed by atoms with Gasteiger partial charge in [0.1, 0.15) is 6.04 Å². The average molecular weight is 478 g/mol. The summed E-state index contributed by atoms with van der Waals surface area (Å²) in [6.45, 7) is 1.94. The van der Waals surface area contributed by atoms with Crippen molar-refractivity contribution in [2.45, 2.75) is 19.4 Å². The molecule has 6 heteroatoms. The zero-order valence-corrected chi connectivity index (χ0v) is 19.9. The molecule has 0 heterocycles. The second kappa shape index (κ2) is 11.6. The predicted octanol–water partition coefficient (Wildman–Crippen LogP) is 5.23. The Morgan fingerprint density at radius 2 is 1.36 bits per heavy atom. The number of rotatable bonds is 8. The highest BCUT2D eigenvalue weighted by Gasteiger charge is 2.24. The van der Waals surface area contributed by atoms with Crippen LogP contribution in [0.1, 0.15) is 31.8 Å². The Morgan fingerprint density at radius 1 is 0.694 bits per heavy atom. The van der Waals surface area contributed by atoms with Crippen LogP contribution in [0, 0.1) is 6.92 Å². The Kier molecular flexibility index (Phi) is 7.88. The molecule has 0 unspecified atom stereocenters. The van der Waals surface area contributed by atoms with Gasteiger partial charge in [-0.3, -0.25) is 14.4 Å². The maximum Gasteiger partial charge on any atom is 0.255 e. The Morgan fingerprint density at radius 3 is 2.08 bits per heavy atom. The lowest BCUT2D eigenvalue weighted by Crippen LogP contribution is -2.45. The molecule has 4 aromatic carbocycles. The molecule has 0 bridgehead atoms. The first-order chi connectivity index (χ1) is 17.5. The highest BCUT2D eigenvalue weighted by atomic mass is 16.2. The smallest absolute Gasteiger partial charge is 0.255 e. The molecule has 4 aromatic rings. The zero-order valence-electron chi connectivity index (χ0n) is 19.9. The third kappa shape index (κ3) is 6.45. The van der Waals surface area contributed by atoms with Crippen LogP contribution in [-0.2, 0) is 11.2 Å². The molecule has 1 atom stereocenters. The standard InChI is InChI=1S/C30H27N3O3/c1-21-11-10-16-24(19-21)31-30(36)27(20-22-12-4-2-5-13-22)33-29(35)25-17-8-9-18-26(25)32-28(34)23-14-6-3-7-15-23/h2-19,27H,20H2,1H3,(H,31,36)(H,32,34)(H,33,35)/t27-/m0/s1. The summed E-state index contributed by atoms with van der Waals surface area (Å²) in [5.41, 5.74) is 3.69. The molecule has 0 saturated carbocycles. The van der Waals surface area contributed by atoms with E-state index in [1.54, 1.807) is 54.6 Å². The number of nitrogens with one attached hydrogen (secondary N) is 3. The molecule has 0 saturated heterocycles. The second-order valence-electron chi connectivity index (χ2n) is 8.44. The molecule has 36 heavy (non-hydrogen) atoms. The number of hydrogen-bond acceptors (Lipinski definition) is 3. The van der Waals surface area contributed by atoms with Crippen molar-refractivity contribution in [2.24, 2.45) is 0 Å². The molecule has 180 valence electrons. The zero-order chi connectivity index (χ0) is 25.3. The number of anilines is 2. The number of carbonyl (C=O) groups excluding carboxylic acids is 3. The number of aryl methyl sites for hydroxylation is 1. The summed E-state index contributed by atoms with van der Waals surface area (Å²) in [6.07, 6.45) is 0.308. The highest BCUT2D eigenvalue weighted by molar-refractivity contribution is 6.10. The van der Waals surface area contributed by atoms with Crippen molar-refractivity contribution in [1.29, 1.82) is 0 Å². The number of hydrogen-bond donors (Lipinski definition) is 3. The third-order valence-corrected chi connectivity index (χ3v) is 5.65. The first-order valence-corrected chi connectivity index (χ1v) is 11.7. The van der Waals surface area contributed by atoms with E-state index in [0.29, 0.717) is 23.4 Å². The van der Waals surface area contributed by atoms with Crippen LogP contribution in [-0.4, -0.2) is 23.8 Å². The van der Waals surface area contributed by atoms with Gasteiger partial charge in [0.05, 0.1) is 11.3 Å². The van der Waals surface area contributed by atoms with Crippen LogP contribution in [0.5, 0.6) is 0 Å². The van der Waals surface area contributed by atoms with Crippen LogP contribution < -0.4 is 16.0 Å². The normalized spacial score (nSPS) is 11.2. The second-order valence-corrected chi connectivity index (χ2v) is 8.44. The summed E-state index contributed by atoms with van der Waals surface area (Å²) >= 11 is 0. The Balaban J connectivity index is 1.55. The Hall–Kier alpha value is -4.71. The summed E-state index contributed by atoms with van der Waals surface area (Å²) in [5, 5.41) is 8.58. The molecule has 0 radical (unpaired) electrons. The van der Waals surface area contributed by atoms with E-state index < -0.39 is 11.9 Å². The van der Waals surface area contributed by atoms with Gasteiger partial charge in [-0.05, 0) is 54.4 Å². The van der Waals surface area contributed by atoms with Crippen molar-refractivity contribution >= 4 is 29.1 Å². The van der Waals surface area contributed by atoms with Crippen LogP contribution in [0.4, 0.5) is 11.4 Å². The monoisotopic (exact) mass is 477 g/mol. The van der Waals surface area contributed by atoms with Crippen molar-refractivity contribution in [3.63, 3.8) is 0 Å². The average Bonchev–Trinajstić information content (AvgIpc) is 2.89. The third-order valence-electron chi connectivity index (χ3n) is 5.65. The van der Waals surface area contributed by atoms with Crippen molar-refractivity contribution in [1.82, 2.24) is 5.32 Å². The van der Waals surface area contributed by atoms with E-state index in [0.717, 1.165) is 11.1 Å². The van der Waals surface area contributed by atoms with Crippen LogP contribution in [0.15, 0.2) is 109 Å². The van der Waals surface area contributed by atoms with Gasteiger partial charge in [-0.2, -0.15) is 0 Å². The summed E-state index contributed by atoms with van der Waals surface area (Å²) in [7, 11) is 0. The molecule has 3 N–H and O–H groups in total. The largest absolute Gasteiger partial charge is 0.340 e. The minimum Gasteiger partial charge on any atom is -0.340 e. The van der Waals surface area contributed by atoms with E-state index in [-0.39, 0.29) is 17.4 Å². The van der Waals surface area contributed by atoms with E-state index in [1.807, 2.05) is 61.5 Å². The van der Waals surface area contributed by atoms with Gasteiger partial charge in [0.2, 0.25) is 5.91 Å². The fraction of sp³-hybridized carbons (Fsp3) is 0.100. The minimum absolute atomic E-state index is 0.267. The molecule has 3 amide bonds. The molecule has 0 fully saturated rings. The van der Waals surface area contributed by atoms with Crippen LogP contribution in [0.3, 0.4) is 0 Å². The Bertz CT molecular complexity index is 1350. The van der Waals surface area contributed by atoms with Crippen molar-refractivity contribution in [2.75, 3.05) is 10.6 Å². The molecular formula is C30H27N3O3. The maximum absolute atomic E-state index is 13.4. The quantitative estimate of drug-likeness (QED) is 0.325. The SMILES string of the molecule is Cc1cccc(NC(=O)[C@H](Cc2ccccc2)NC(=O)c2ccccc2NC(=O)c2ccccc2)c1. The van der Waals surface area contributed by atoms with Crippen LogP contribution in [0.2, 0.25) is 0 Å². The van der Waals surface area contributed by atoms with Gasteiger partial charge in [0, 0.05) is 17.7 Å². The lowest BCUT2D eigenvalue weighted by atomic mass is 10.0. The number of carbonyl (C=O) groups is 3. The van der Waals surface area contributed by atoms with E-state index in [2.05, 4.69) is 16.0 Å². The highest BCUT2D eigenvalue weighted by Crippen LogP contribution is 2.18. The summed E-state index contributed by atoms with van der Waals surface area (Å²) in [4.78, 5) is 39.3. The molecule has 0 aliphatic heterocycles. The van der Waals surface area contributed by atoms with Crippen molar-refractivity contribution < 1.29 is 14.4 Å². The molecule has 0 aliphatic rings.